The largest absolute Gasteiger partial charge is 0.497 e. The Bertz CT molecular complexity index is 1170. The number of likely N-dealkylation sites (N-methyl/N-ethyl adjacent to an activating group) is 1. The molecule has 0 aliphatic carbocycles. The second-order valence-electron chi connectivity index (χ2n) is 7.34. The Morgan fingerprint density at radius 1 is 1.06 bits per heavy atom. The van der Waals surface area contributed by atoms with E-state index in [0.717, 1.165) is 16.0 Å². The molecule has 0 saturated carbocycles. The molecule has 0 atom stereocenters. The molecule has 0 bridgehead atoms. The minimum absolute atomic E-state index is 0.0739. The lowest BCUT2D eigenvalue weighted by Crippen LogP contribution is -2.40. The van der Waals surface area contributed by atoms with Gasteiger partial charge in [0.25, 0.3) is 0 Å². The molecule has 0 fully saturated rings. The fourth-order valence-corrected chi connectivity index (χ4v) is 5.23. The number of carbonyl (C=O) groups excluding carboxylic acids is 1. The zero-order valence-corrected chi connectivity index (χ0v) is 20.2. The summed E-state index contributed by atoms with van der Waals surface area (Å²) in [5, 5.41) is 0.463. The van der Waals surface area contributed by atoms with Crippen molar-refractivity contribution in [1.29, 1.82) is 0 Å². The zero-order valence-electron chi connectivity index (χ0n) is 18.6. The highest BCUT2D eigenvalue weighted by Crippen LogP contribution is 2.32. The molecule has 0 aliphatic rings. The van der Waals surface area contributed by atoms with Crippen molar-refractivity contribution in [3.05, 3.63) is 42.5 Å². The predicted octanol–water partition coefficient (Wildman–Crippen LogP) is 3.07. The standard InChI is InChI=1S/C22H27N3O5S2/c1-5-30-17-8-11-19-20(14-17)31-22(23-19)25(13-12-24(2)3)21(26)15-32(27,28)18-9-6-16(29-4)7-10-18/h6-11,14H,5,12-13,15H2,1-4H3. The molecule has 0 radical (unpaired) electrons. The molecule has 8 nitrogen and oxygen atoms in total. The van der Waals surface area contributed by atoms with Gasteiger partial charge in [-0.25, -0.2) is 13.4 Å². The Morgan fingerprint density at radius 3 is 2.38 bits per heavy atom. The quantitative estimate of drug-likeness (QED) is 0.443. The van der Waals surface area contributed by atoms with Gasteiger partial charge in [0.15, 0.2) is 15.0 Å². The number of aromatic nitrogens is 1. The van der Waals surface area contributed by atoms with Gasteiger partial charge in [0, 0.05) is 13.1 Å². The van der Waals surface area contributed by atoms with Gasteiger partial charge in [-0.1, -0.05) is 11.3 Å². The van der Waals surface area contributed by atoms with Crippen molar-refractivity contribution in [1.82, 2.24) is 9.88 Å². The highest BCUT2D eigenvalue weighted by atomic mass is 32.2. The van der Waals surface area contributed by atoms with Crippen molar-refractivity contribution in [2.45, 2.75) is 11.8 Å². The van der Waals surface area contributed by atoms with Crippen LogP contribution in [0.5, 0.6) is 11.5 Å². The summed E-state index contributed by atoms with van der Waals surface area (Å²) in [5.74, 6) is 0.103. The first-order valence-corrected chi connectivity index (χ1v) is 12.6. The van der Waals surface area contributed by atoms with Crippen molar-refractivity contribution in [2.24, 2.45) is 0 Å². The third-order valence-electron chi connectivity index (χ3n) is 4.69. The van der Waals surface area contributed by atoms with Gasteiger partial charge in [-0.15, -0.1) is 0 Å². The number of fused-ring (bicyclic) bond motifs is 1. The highest BCUT2D eigenvalue weighted by Gasteiger charge is 2.26. The smallest absolute Gasteiger partial charge is 0.244 e. The van der Waals surface area contributed by atoms with Crippen LogP contribution in [0.2, 0.25) is 0 Å². The summed E-state index contributed by atoms with van der Waals surface area (Å²) in [4.78, 5) is 21.2. The summed E-state index contributed by atoms with van der Waals surface area (Å²) in [5.41, 5.74) is 0.731. The van der Waals surface area contributed by atoms with E-state index in [1.807, 2.05) is 44.1 Å². The summed E-state index contributed by atoms with van der Waals surface area (Å²) in [6.45, 7) is 3.34. The highest BCUT2D eigenvalue weighted by molar-refractivity contribution is 7.92. The number of thiazole rings is 1. The molecule has 1 aromatic heterocycles. The minimum Gasteiger partial charge on any atom is -0.497 e. The van der Waals surface area contributed by atoms with E-state index >= 15 is 0 Å². The summed E-state index contributed by atoms with van der Waals surface area (Å²) in [6, 6.07) is 11.5. The maximum absolute atomic E-state index is 13.2. The van der Waals surface area contributed by atoms with E-state index in [1.165, 1.54) is 35.5 Å². The lowest BCUT2D eigenvalue weighted by atomic mass is 10.3. The van der Waals surface area contributed by atoms with E-state index < -0.39 is 21.5 Å². The Kier molecular flexibility index (Phi) is 7.70. The molecule has 32 heavy (non-hydrogen) atoms. The number of anilines is 1. The molecule has 0 spiro atoms. The lowest BCUT2D eigenvalue weighted by Gasteiger charge is -2.22. The first kappa shape index (κ1) is 24.0. The number of ether oxygens (including phenoxy) is 2. The van der Waals surface area contributed by atoms with Crippen LogP contribution in [-0.2, 0) is 14.6 Å². The van der Waals surface area contributed by atoms with Crippen molar-refractivity contribution in [3.8, 4) is 11.5 Å². The van der Waals surface area contributed by atoms with E-state index in [1.54, 1.807) is 12.1 Å². The maximum Gasteiger partial charge on any atom is 0.244 e. The average molecular weight is 478 g/mol. The van der Waals surface area contributed by atoms with E-state index in [0.29, 0.717) is 30.6 Å². The van der Waals surface area contributed by atoms with Gasteiger partial charge >= 0.3 is 0 Å². The average Bonchev–Trinajstić information content (AvgIpc) is 3.16. The van der Waals surface area contributed by atoms with Crippen LogP contribution in [0.4, 0.5) is 5.13 Å². The number of hydrogen-bond donors (Lipinski definition) is 0. The van der Waals surface area contributed by atoms with Gasteiger partial charge in [-0.05, 0) is 63.5 Å². The number of sulfone groups is 1. The third-order valence-corrected chi connectivity index (χ3v) is 7.35. The normalized spacial score (nSPS) is 11.7. The van der Waals surface area contributed by atoms with Crippen LogP contribution in [0.3, 0.4) is 0 Å². The molecule has 1 amide bonds. The van der Waals surface area contributed by atoms with E-state index in [-0.39, 0.29) is 4.90 Å². The minimum atomic E-state index is -3.82. The summed E-state index contributed by atoms with van der Waals surface area (Å²) < 4.78 is 37.2. The molecule has 0 N–H and O–H groups in total. The van der Waals surface area contributed by atoms with Crippen LogP contribution in [0.25, 0.3) is 10.2 Å². The number of hydrogen-bond acceptors (Lipinski definition) is 8. The third kappa shape index (κ3) is 5.76. The Hall–Kier alpha value is -2.69. The predicted molar refractivity (Wildman–Crippen MR) is 127 cm³/mol. The lowest BCUT2D eigenvalue weighted by molar-refractivity contribution is -0.116. The number of methoxy groups -OCH3 is 1. The Morgan fingerprint density at radius 2 is 1.75 bits per heavy atom. The monoisotopic (exact) mass is 477 g/mol. The number of benzene rings is 2. The Balaban J connectivity index is 1.88. The molecular formula is C22H27N3O5S2. The number of amides is 1. The molecule has 0 aliphatic heterocycles. The maximum atomic E-state index is 13.2. The van der Waals surface area contributed by atoms with E-state index in [4.69, 9.17) is 9.47 Å². The molecule has 0 unspecified atom stereocenters. The number of nitrogens with zero attached hydrogens (tertiary/aromatic N) is 3. The van der Waals surface area contributed by atoms with Crippen LogP contribution >= 0.6 is 11.3 Å². The first-order valence-electron chi connectivity index (χ1n) is 10.1. The summed E-state index contributed by atoms with van der Waals surface area (Å²) >= 11 is 1.34. The summed E-state index contributed by atoms with van der Waals surface area (Å²) in [6.07, 6.45) is 0. The van der Waals surface area contributed by atoms with E-state index in [2.05, 4.69) is 4.98 Å². The van der Waals surface area contributed by atoms with Gasteiger partial charge < -0.3 is 14.4 Å². The van der Waals surface area contributed by atoms with Gasteiger partial charge in [0.2, 0.25) is 5.91 Å². The summed E-state index contributed by atoms with van der Waals surface area (Å²) in [7, 11) is 1.47. The van der Waals surface area contributed by atoms with Crippen molar-refractivity contribution in [3.63, 3.8) is 0 Å². The number of carbonyl (C=O) groups is 1. The molecule has 10 heteroatoms. The fraction of sp³-hybridized carbons (Fsp3) is 0.364. The van der Waals surface area contributed by atoms with Crippen LogP contribution in [0.1, 0.15) is 6.92 Å². The van der Waals surface area contributed by atoms with Gasteiger partial charge in [0.05, 0.1) is 28.8 Å². The topological polar surface area (TPSA) is 89.0 Å². The molecule has 1 heterocycles. The molecule has 2 aromatic carbocycles. The number of rotatable bonds is 10. The molecular weight excluding hydrogens is 450 g/mol. The van der Waals surface area contributed by atoms with Crippen LogP contribution < -0.4 is 14.4 Å². The van der Waals surface area contributed by atoms with Crippen molar-refractivity contribution < 1.29 is 22.7 Å². The fourth-order valence-electron chi connectivity index (χ4n) is 3.00. The molecule has 172 valence electrons. The molecule has 0 saturated heterocycles. The molecule has 3 rings (SSSR count). The first-order chi connectivity index (χ1) is 15.2. The zero-order chi connectivity index (χ0) is 23.3. The Labute approximate surface area is 192 Å². The van der Waals surface area contributed by atoms with Crippen LogP contribution in [-0.4, -0.2) is 70.9 Å². The SMILES string of the molecule is CCOc1ccc2nc(N(CCN(C)C)C(=O)CS(=O)(=O)c3ccc(OC)cc3)sc2c1. The van der Waals surface area contributed by atoms with Crippen molar-refractivity contribution >= 4 is 42.4 Å². The van der Waals surface area contributed by atoms with Crippen LogP contribution in [0, 0.1) is 0 Å². The second-order valence-corrected chi connectivity index (χ2v) is 10.3. The van der Waals surface area contributed by atoms with E-state index in [9.17, 15) is 13.2 Å². The molecule has 3 aromatic rings. The van der Waals surface area contributed by atoms with Gasteiger partial charge in [-0.3, -0.25) is 9.69 Å². The van der Waals surface area contributed by atoms with Crippen LogP contribution in [0.15, 0.2) is 47.4 Å². The van der Waals surface area contributed by atoms with Crippen molar-refractivity contribution in [2.75, 3.05) is 51.6 Å². The van der Waals surface area contributed by atoms with Gasteiger partial charge in [0.1, 0.15) is 17.3 Å². The second kappa shape index (κ2) is 10.3. The van der Waals surface area contributed by atoms with Gasteiger partial charge in [-0.2, -0.15) is 0 Å².